The Morgan fingerprint density at radius 1 is 1.50 bits per heavy atom. The fourth-order valence-electron chi connectivity index (χ4n) is 1.26. The largest absolute Gasteiger partial charge is 0.198 e. The summed E-state index contributed by atoms with van der Waals surface area (Å²) < 4.78 is 0. The fraction of sp³-hybridized carbons (Fsp3) is 0.545. The van der Waals surface area contributed by atoms with Gasteiger partial charge in [0.05, 0.1) is 6.07 Å². The molecule has 0 aromatic heterocycles. The van der Waals surface area contributed by atoms with Crippen LogP contribution < -0.4 is 0 Å². The van der Waals surface area contributed by atoms with Crippen LogP contribution in [-0.2, 0) is 0 Å². The molecule has 0 aliphatic rings. The van der Waals surface area contributed by atoms with Gasteiger partial charge in [-0.25, -0.2) is 0 Å². The van der Waals surface area contributed by atoms with Crippen LogP contribution in [-0.4, -0.2) is 0 Å². The maximum atomic E-state index is 8.46. The molecular formula is C11H17N. The Balaban J connectivity index is 3.77. The molecular weight excluding hydrogens is 146 g/mol. The van der Waals surface area contributed by atoms with Gasteiger partial charge in [-0.15, -0.1) is 13.2 Å². The highest BCUT2D eigenvalue weighted by molar-refractivity contribution is 4.87. The zero-order valence-electron chi connectivity index (χ0n) is 7.79. The Bertz CT molecular complexity index is 176. The molecule has 0 fully saturated rings. The van der Waals surface area contributed by atoms with Crippen molar-refractivity contribution in [2.75, 3.05) is 0 Å². The van der Waals surface area contributed by atoms with Crippen LogP contribution >= 0.6 is 0 Å². The molecule has 0 aliphatic heterocycles. The Kier molecular flexibility index (Phi) is 6.09. The van der Waals surface area contributed by atoms with Crippen LogP contribution in [0.5, 0.6) is 0 Å². The van der Waals surface area contributed by atoms with Crippen molar-refractivity contribution in [1.29, 1.82) is 5.26 Å². The van der Waals surface area contributed by atoms with Crippen molar-refractivity contribution in [2.24, 2.45) is 11.8 Å². The monoisotopic (exact) mass is 163 g/mol. The minimum absolute atomic E-state index is 0.470. The quantitative estimate of drug-likeness (QED) is 0.551. The van der Waals surface area contributed by atoms with E-state index in [-0.39, 0.29) is 0 Å². The third kappa shape index (κ3) is 4.73. The third-order valence-electron chi connectivity index (χ3n) is 1.95. The molecule has 2 unspecified atom stereocenters. The van der Waals surface area contributed by atoms with Gasteiger partial charge in [-0.3, -0.25) is 0 Å². The van der Waals surface area contributed by atoms with Gasteiger partial charge in [0.1, 0.15) is 0 Å². The zero-order valence-corrected chi connectivity index (χ0v) is 7.79. The van der Waals surface area contributed by atoms with Crippen molar-refractivity contribution < 1.29 is 0 Å². The first-order valence-corrected chi connectivity index (χ1v) is 4.35. The molecule has 0 rings (SSSR count). The van der Waals surface area contributed by atoms with E-state index in [4.69, 9.17) is 5.26 Å². The Morgan fingerprint density at radius 2 is 2.17 bits per heavy atom. The predicted molar refractivity (Wildman–Crippen MR) is 52.5 cm³/mol. The van der Waals surface area contributed by atoms with E-state index in [9.17, 15) is 0 Å². The summed E-state index contributed by atoms with van der Waals surface area (Å²) in [5.74, 6) is 0.962. The van der Waals surface area contributed by atoms with E-state index >= 15 is 0 Å². The van der Waals surface area contributed by atoms with E-state index in [0.29, 0.717) is 18.3 Å². The summed E-state index contributed by atoms with van der Waals surface area (Å²) in [6.45, 7) is 9.55. The minimum atomic E-state index is 0.470. The molecule has 2 atom stereocenters. The Labute approximate surface area is 75.4 Å². The SMILES string of the molecule is C=CCC(C=C)CC(C)CC#N. The summed E-state index contributed by atoms with van der Waals surface area (Å²) in [6, 6.07) is 2.18. The lowest BCUT2D eigenvalue weighted by Crippen LogP contribution is -2.02. The molecule has 0 amide bonds. The molecule has 0 radical (unpaired) electrons. The van der Waals surface area contributed by atoms with E-state index < -0.39 is 0 Å². The number of hydrogen-bond donors (Lipinski definition) is 0. The molecule has 1 heteroatoms. The zero-order chi connectivity index (χ0) is 9.40. The second kappa shape index (κ2) is 6.67. The van der Waals surface area contributed by atoms with Crippen molar-refractivity contribution >= 4 is 0 Å². The summed E-state index contributed by atoms with van der Waals surface area (Å²) in [6.07, 6.45) is 6.52. The smallest absolute Gasteiger partial charge is 0.0624 e. The van der Waals surface area contributed by atoms with E-state index in [0.717, 1.165) is 12.8 Å². The number of nitriles is 1. The first-order chi connectivity index (χ1) is 5.74. The molecule has 0 aliphatic carbocycles. The number of rotatable bonds is 6. The number of allylic oxidation sites excluding steroid dienone is 2. The van der Waals surface area contributed by atoms with Crippen molar-refractivity contribution in [2.45, 2.75) is 26.2 Å². The Morgan fingerprint density at radius 3 is 2.58 bits per heavy atom. The van der Waals surface area contributed by atoms with Crippen molar-refractivity contribution in [3.8, 4) is 6.07 Å². The van der Waals surface area contributed by atoms with Gasteiger partial charge in [0.15, 0.2) is 0 Å². The van der Waals surface area contributed by atoms with Crippen LogP contribution in [0.1, 0.15) is 26.2 Å². The average Bonchev–Trinajstić information content (AvgIpc) is 2.04. The van der Waals surface area contributed by atoms with Crippen LogP contribution in [0, 0.1) is 23.2 Å². The van der Waals surface area contributed by atoms with Crippen molar-refractivity contribution in [3.05, 3.63) is 25.3 Å². The maximum absolute atomic E-state index is 8.46. The molecule has 66 valence electrons. The van der Waals surface area contributed by atoms with E-state index in [1.54, 1.807) is 0 Å². The van der Waals surface area contributed by atoms with Crippen LogP contribution in [0.2, 0.25) is 0 Å². The highest BCUT2D eigenvalue weighted by Crippen LogP contribution is 2.18. The lowest BCUT2D eigenvalue weighted by atomic mass is 9.92. The molecule has 0 N–H and O–H groups in total. The van der Waals surface area contributed by atoms with Gasteiger partial charge in [0.2, 0.25) is 0 Å². The molecule has 0 saturated carbocycles. The van der Waals surface area contributed by atoms with Gasteiger partial charge in [0, 0.05) is 6.42 Å². The second-order valence-electron chi connectivity index (χ2n) is 3.22. The Hall–Kier alpha value is -1.03. The molecule has 0 saturated heterocycles. The average molecular weight is 163 g/mol. The van der Waals surface area contributed by atoms with Gasteiger partial charge in [-0.05, 0) is 24.7 Å². The number of nitrogens with zero attached hydrogens (tertiary/aromatic N) is 1. The van der Waals surface area contributed by atoms with E-state index in [1.807, 2.05) is 12.2 Å². The summed E-state index contributed by atoms with van der Waals surface area (Å²) >= 11 is 0. The normalized spacial score (nSPS) is 14.3. The topological polar surface area (TPSA) is 23.8 Å². The highest BCUT2D eigenvalue weighted by atomic mass is 14.2. The first-order valence-electron chi connectivity index (χ1n) is 4.35. The molecule has 0 aromatic rings. The highest BCUT2D eigenvalue weighted by Gasteiger charge is 2.07. The lowest BCUT2D eigenvalue weighted by Gasteiger charge is -2.13. The summed E-state index contributed by atoms with van der Waals surface area (Å²) in [5.41, 5.74) is 0. The molecule has 1 nitrogen and oxygen atoms in total. The van der Waals surface area contributed by atoms with Gasteiger partial charge in [-0.2, -0.15) is 5.26 Å². The number of hydrogen-bond acceptors (Lipinski definition) is 1. The van der Waals surface area contributed by atoms with Crippen LogP contribution in [0.3, 0.4) is 0 Å². The summed E-state index contributed by atoms with van der Waals surface area (Å²) in [4.78, 5) is 0. The standard InChI is InChI=1S/C11H17N/c1-4-6-11(5-2)9-10(3)7-8-12/h4-5,10-11H,1-2,6-7,9H2,3H3. The molecule has 0 heterocycles. The van der Waals surface area contributed by atoms with Crippen LogP contribution in [0.4, 0.5) is 0 Å². The van der Waals surface area contributed by atoms with E-state index in [2.05, 4.69) is 26.2 Å². The van der Waals surface area contributed by atoms with Gasteiger partial charge < -0.3 is 0 Å². The third-order valence-corrected chi connectivity index (χ3v) is 1.95. The molecule has 0 bridgehead atoms. The van der Waals surface area contributed by atoms with Crippen LogP contribution in [0.25, 0.3) is 0 Å². The maximum Gasteiger partial charge on any atom is 0.0624 e. The molecule has 0 aromatic carbocycles. The van der Waals surface area contributed by atoms with Gasteiger partial charge in [-0.1, -0.05) is 19.1 Å². The van der Waals surface area contributed by atoms with Crippen LogP contribution in [0.15, 0.2) is 25.3 Å². The second-order valence-corrected chi connectivity index (χ2v) is 3.22. The summed E-state index contributed by atoms with van der Waals surface area (Å²) in [7, 11) is 0. The minimum Gasteiger partial charge on any atom is -0.198 e. The lowest BCUT2D eigenvalue weighted by molar-refractivity contribution is 0.455. The summed E-state index contributed by atoms with van der Waals surface area (Å²) in [5, 5.41) is 8.46. The molecule has 12 heavy (non-hydrogen) atoms. The van der Waals surface area contributed by atoms with Gasteiger partial charge in [0.25, 0.3) is 0 Å². The predicted octanol–water partition coefficient (Wildman–Crippen LogP) is 3.30. The first kappa shape index (κ1) is 11.0. The fourth-order valence-corrected chi connectivity index (χ4v) is 1.26. The molecule has 0 spiro atoms. The van der Waals surface area contributed by atoms with Crippen molar-refractivity contribution in [1.82, 2.24) is 0 Å². The van der Waals surface area contributed by atoms with Crippen molar-refractivity contribution in [3.63, 3.8) is 0 Å². The van der Waals surface area contributed by atoms with E-state index in [1.165, 1.54) is 0 Å². The van der Waals surface area contributed by atoms with Gasteiger partial charge >= 0.3 is 0 Å².